The van der Waals surface area contributed by atoms with Crippen molar-refractivity contribution >= 4 is 15.9 Å². The monoisotopic (exact) mass is 390 g/mol. The molecule has 0 fully saturated rings. The van der Waals surface area contributed by atoms with Crippen LogP contribution in [0, 0.1) is 0 Å². The van der Waals surface area contributed by atoms with Crippen LogP contribution in [0.15, 0.2) is 53.4 Å². The molecule has 0 radical (unpaired) electrons. The van der Waals surface area contributed by atoms with E-state index in [1.165, 1.54) is 19.2 Å². The molecular formula is C20H26N2O4S. The minimum absolute atomic E-state index is 0.0147. The van der Waals surface area contributed by atoms with Gasteiger partial charge in [0.25, 0.3) is 5.91 Å². The Bertz CT molecular complexity index is 867. The van der Waals surface area contributed by atoms with Gasteiger partial charge in [-0.1, -0.05) is 43.7 Å². The first-order valence-corrected chi connectivity index (χ1v) is 10.4. The molecule has 0 saturated carbocycles. The highest BCUT2D eigenvalue weighted by Crippen LogP contribution is 2.25. The lowest BCUT2D eigenvalue weighted by molar-refractivity contribution is 0.0938. The molecule has 0 saturated heterocycles. The number of hydrogen-bond donors (Lipinski definition) is 2. The van der Waals surface area contributed by atoms with Gasteiger partial charge in [-0.2, -0.15) is 0 Å². The third-order valence-corrected chi connectivity index (χ3v) is 5.55. The maximum absolute atomic E-state index is 12.8. The molecule has 0 aliphatic heterocycles. The van der Waals surface area contributed by atoms with E-state index in [-0.39, 0.29) is 34.7 Å². The third kappa shape index (κ3) is 5.80. The normalized spacial score (nSPS) is 12.4. The first kappa shape index (κ1) is 20.9. The summed E-state index contributed by atoms with van der Waals surface area (Å²) in [7, 11) is -2.45. The molecule has 0 spiro atoms. The Hall–Kier alpha value is -2.38. The summed E-state index contributed by atoms with van der Waals surface area (Å²) >= 11 is 0. The summed E-state index contributed by atoms with van der Waals surface area (Å²) in [5.41, 5.74) is 1.11. The third-order valence-electron chi connectivity index (χ3n) is 4.12. The highest BCUT2D eigenvalue weighted by Gasteiger charge is 2.22. The van der Waals surface area contributed by atoms with E-state index in [9.17, 15) is 13.2 Å². The maximum atomic E-state index is 12.8. The van der Waals surface area contributed by atoms with Crippen LogP contribution in [0.1, 0.15) is 42.6 Å². The highest BCUT2D eigenvalue weighted by molar-refractivity contribution is 7.89. The fourth-order valence-electron chi connectivity index (χ4n) is 2.69. The predicted octanol–water partition coefficient (Wildman–Crippen LogP) is 3.09. The van der Waals surface area contributed by atoms with Crippen LogP contribution in [0.2, 0.25) is 0 Å². The van der Waals surface area contributed by atoms with Crippen molar-refractivity contribution in [1.29, 1.82) is 0 Å². The number of carbonyl (C=O) groups is 1. The summed E-state index contributed by atoms with van der Waals surface area (Å²) in [6.07, 6.45) is 1.80. The van der Waals surface area contributed by atoms with Crippen molar-refractivity contribution in [1.82, 2.24) is 10.0 Å². The van der Waals surface area contributed by atoms with Crippen molar-refractivity contribution in [3.63, 3.8) is 0 Å². The van der Waals surface area contributed by atoms with Crippen molar-refractivity contribution in [3.8, 4) is 5.75 Å². The lowest BCUT2D eigenvalue weighted by Crippen LogP contribution is -2.32. The van der Waals surface area contributed by atoms with Gasteiger partial charge < -0.3 is 10.1 Å². The molecule has 2 N–H and O–H groups in total. The molecule has 2 aromatic carbocycles. The fraction of sp³-hybridized carbons (Fsp3) is 0.350. The summed E-state index contributed by atoms with van der Waals surface area (Å²) in [4.78, 5) is 12.4. The molecule has 0 aliphatic carbocycles. The molecule has 146 valence electrons. The Morgan fingerprint density at radius 1 is 1.15 bits per heavy atom. The van der Waals surface area contributed by atoms with Gasteiger partial charge in [-0.25, -0.2) is 13.1 Å². The smallest absolute Gasteiger partial charge is 0.251 e. The van der Waals surface area contributed by atoms with Gasteiger partial charge in [0.2, 0.25) is 10.0 Å². The average Bonchev–Trinajstić information content (AvgIpc) is 2.67. The van der Waals surface area contributed by atoms with E-state index in [1.807, 2.05) is 44.2 Å². The minimum atomic E-state index is -3.85. The minimum Gasteiger partial charge on any atom is -0.495 e. The molecule has 1 atom stereocenters. The van der Waals surface area contributed by atoms with Gasteiger partial charge in [0.05, 0.1) is 7.11 Å². The van der Waals surface area contributed by atoms with Gasteiger partial charge in [0, 0.05) is 18.2 Å². The number of hydrogen-bond acceptors (Lipinski definition) is 4. The quantitative estimate of drug-likeness (QED) is 0.689. The molecule has 0 bridgehead atoms. The van der Waals surface area contributed by atoms with Gasteiger partial charge in [-0.15, -0.1) is 0 Å². The molecule has 0 heterocycles. The van der Waals surface area contributed by atoms with E-state index in [0.29, 0.717) is 0 Å². The van der Waals surface area contributed by atoms with Crippen LogP contribution in [-0.2, 0) is 16.6 Å². The Morgan fingerprint density at radius 2 is 1.85 bits per heavy atom. The van der Waals surface area contributed by atoms with Crippen LogP contribution in [0.4, 0.5) is 0 Å². The number of methoxy groups -OCH3 is 1. The fourth-order valence-corrected chi connectivity index (χ4v) is 3.90. The van der Waals surface area contributed by atoms with Crippen molar-refractivity contribution in [2.24, 2.45) is 0 Å². The van der Waals surface area contributed by atoms with E-state index >= 15 is 0 Å². The summed E-state index contributed by atoms with van der Waals surface area (Å²) in [6, 6.07) is 13.6. The highest BCUT2D eigenvalue weighted by atomic mass is 32.2. The van der Waals surface area contributed by atoms with E-state index in [0.717, 1.165) is 18.4 Å². The second-order valence-electron chi connectivity index (χ2n) is 6.34. The summed E-state index contributed by atoms with van der Waals surface area (Å²) in [6.45, 7) is 4.11. The van der Waals surface area contributed by atoms with Crippen molar-refractivity contribution < 1.29 is 17.9 Å². The number of carbonyl (C=O) groups excluding carboxylic acids is 1. The number of benzene rings is 2. The molecular weight excluding hydrogens is 364 g/mol. The molecule has 2 aromatic rings. The lowest BCUT2D eigenvalue weighted by atomic mass is 10.1. The number of ether oxygens (including phenoxy) is 1. The Balaban J connectivity index is 2.24. The molecule has 1 amide bonds. The zero-order valence-corrected chi connectivity index (χ0v) is 16.7. The lowest BCUT2D eigenvalue weighted by Gasteiger charge is -2.15. The van der Waals surface area contributed by atoms with Crippen LogP contribution in [0.5, 0.6) is 5.75 Å². The van der Waals surface area contributed by atoms with Crippen molar-refractivity contribution in [3.05, 3.63) is 59.7 Å². The number of amides is 1. The Morgan fingerprint density at radius 3 is 2.48 bits per heavy atom. The summed E-state index contributed by atoms with van der Waals surface area (Å²) in [5, 5.41) is 2.88. The first-order chi connectivity index (χ1) is 12.9. The van der Waals surface area contributed by atoms with E-state index in [1.54, 1.807) is 6.07 Å². The van der Waals surface area contributed by atoms with E-state index in [4.69, 9.17) is 4.74 Å². The van der Waals surface area contributed by atoms with Gasteiger partial charge in [-0.3, -0.25) is 4.79 Å². The average molecular weight is 391 g/mol. The summed E-state index contributed by atoms with van der Waals surface area (Å²) < 4.78 is 33.3. The molecule has 0 unspecified atom stereocenters. The maximum Gasteiger partial charge on any atom is 0.251 e. The van der Waals surface area contributed by atoms with Crippen LogP contribution >= 0.6 is 0 Å². The zero-order valence-electron chi connectivity index (χ0n) is 15.9. The molecule has 27 heavy (non-hydrogen) atoms. The summed E-state index contributed by atoms with van der Waals surface area (Å²) in [5.74, 6) is -0.119. The van der Waals surface area contributed by atoms with E-state index in [2.05, 4.69) is 10.0 Å². The molecule has 2 rings (SSSR count). The molecule has 0 aromatic heterocycles. The number of sulfonamides is 1. The molecule has 0 aliphatic rings. The standard InChI is InChI=1S/C20H26N2O4S/c1-4-8-15(2)22-20(23)17-11-12-18(26-3)19(13-17)27(24,25)21-14-16-9-6-5-7-10-16/h5-7,9-13,15,21H,4,8,14H2,1-3H3,(H,22,23)/t15-/m1/s1. The van der Waals surface area contributed by atoms with Crippen LogP contribution in [-0.4, -0.2) is 27.5 Å². The SMILES string of the molecule is CCC[C@@H](C)NC(=O)c1ccc(OC)c(S(=O)(=O)NCc2ccccc2)c1. The van der Waals surface area contributed by atoms with Gasteiger partial charge in [-0.05, 0) is 37.1 Å². The van der Waals surface area contributed by atoms with Crippen LogP contribution < -0.4 is 14.8 Å². The molecule has 7 heteroatoms. The molecule has 6 nitrogen and oxygen atoms in total. The van der Waals surface area contributed by atoms with Crippen molar-refractivity contribution in [2.45, 2.75) is 44.2 Å². The topological polar surface area (TPSA) is 84.5 Å². The van der Waals surface area contributed by atoms with Crippen LogP contribution in [0.25, 0.3) is 0 Å². The second-order valence-corrected chi connectivity index (χ2v) is 8.07. The van der Waals surface area contributed by atoms with E-state index < -0.39 is 10.0 Å². The van der Waals surface area contributed by atoms with Gasteiger partial charge >= 0.3 is 0 Å². The van der Waals surface area contributed by atoms with Gasteiger partial charge in [0.1, 0.15) is 10.6 Å². The second kappa shape index (κ2) is 9.53. The number of nitrogens with one attached hydrogen (secondary N) is 2. The Kier molecular flexibility index (Phi) is 7.38. The number of rotatable bonds is 9. The van der Waals surface area contributed by atoms with Gasteiger partial charge in [0.15, 0.2) is 0 Å². The van der Waals surface area contributed by atoms with Crippen LogP contribution in [0.3, 0.4) is 0 Å². The first-order valence-electron chi connectivity index (χ1n) is 8.90. The van der Waals surface area contributed by atoms with Crippen molar-refractivity contribution in [2.75, 3.05) is 7.11 Å². The Labute approximate surface area is 161 Å². The zero-order chi connectivity index (χ0) is 19.9. The predicted molar refractivity (Wildman–Crippen MR) is 105 cm³/mol. The largest absolute Gasteiger partial charge is 0.495 e.